The molecular formula is C12H15N5O. The summed E-state index contributed by atoms with van der Waals surface area (Å²) in [5.41, 5.74) is 0.643. The van der Waals surface area contributed by atoms with Gasteiger partial charge in [-0.3, -0.25) is 9.55 Å². The van der Waals surface area contributed by atoms with E-state index in [1.54, 1.807) is 12.4 Å². The van der Waals surface area contributed by atoms with Crippen LogP contribution in [0.1, 0.15) is 12.5 Å². The average Bonchev–Trinajstić information content (AvgIpc) is 2.41. The Labute approximate surface area is 105 Å². The van der Waals surface area contributed by atoms with Crippen LogP contribution < -0.4 is 10.6 Å². The summed E-state index contributed by atoms with van der Waals surface area (Å²) in [5.74, 6) is 0.449. The van der Waals surface area contributed by atoms with Gasteiger partial charge in [-0.05, 0) is 18.6 Å². The van der Waals surface area contributed by atoms with E-state index in [1.807, 2.05) is 31.0 Å². The van der Waals surface area contributed by atoms with Gasteiger partial charge < -0.3 is 4.90 Å². The van der Waals surface area contributed by atoms with Crippen LogP contribution in [0, 0.1) is 0 Å². The van der Waals surface area contributed by atoms with Crippen molar-refractivity contribution in [2.24, 2.45) is 0 Å². The van der Waals surface area contributed by atoms with E-state index in [0.29, 0.717) is 12.5 Å². The molecule has 0 unspecified atom stereocenters. The fourth-order valence-electron chi connectivity index (χ4n) is 1.47. The number of aromatic nitrogens is 4. The highest BCUT2D eigenvalue weighted by atomic mass is 16.1. The molecule has 0 aliphatic rings. The van der Waals surface area contributed by atoms with Crippen molar-refractivity contribution in [2.75, 3.05) is 18.5 Å². The second kappa shape index (κ2) is 5.39. The monoisotopic (exact) mass is 245 g/mol. The maximum atomic E-state index is 11.8. The first-order valence-corrected chi connectivity index (χ1v) is 5.74. The zero-order chi connectivity index (χ0) is 13.0. The Kier molecular flexibility index (Phi) is 3.66. The largest absolute Gasteiger partial charge is 0.352 e. The first-order valence-electron chi connectivity index (χ1n) is 5.74. The number of nitrogens with zero attached hydrogens (tertiary/aromatic N) is 5. The molecule has 0 bridgehead atoms. The summed E-state index contributed by atoms with van der Waals surface area (Å²) in [6, 6.07) is 3.74. The van der Waals surface area contributed by atoms with Gasteiger partial charge in [0.05, 0.1) is 6.54 Å². The molecule has 18 heavy (non-hydrogen) atoms. The summed E-state index contributed by atoms with van der Waals surface area (Å²) in [6.45, 7) is 3.17. The predicted molar refractivity (Wildman–Crippen MR) is 68.6 cm³/mol. The van der Waals surface area contributed by atoms with Crippen LogP contribution in [0.25, 0.3) is 0 Å². The molecular weight excluding hydrogens is 230 g/mol. The molecule has 94 valence electrons. The van der Waals surface area contributed by atoms with Crippen molar-refractivity contribution in [3.63, 3.8) is 0 Å². The van der Waals surface area contributed by atoms with Gasteiger partial charge in [-0.25, -0.2) is 9.78 Å². The second-order valence-corrected chi connectivity index (χ2v) is 3.94. The summed E-state index contributed by atoms with van der Waals surface area (Å²) in [4.78, 5) is 25.8. The summed E-state index contributed by atoms with van der Waals surface area (Å²) < 4.78 is 1.46. The number of hydrogen-bond acceptors (Lipinski definition) is 5. The zero-order valence-electron chi connectivity index (χ0n) is 10.4. The number of anilines is 1. The van der Waals surface area contributed by atoms with E-state index in [2.05, 4.69) is 15.0 Å². The molecule has 2 heterocycles. The zero-order valence-corrected chi connectivity index (χ0v) is 10.4. The molecule has 6 nitrogen and oxygen atoms in total. The van der Waals surface area contributed by atoms with Crippen LogP contribution in [-0.4, -0.2) is 33.1 Å². The maximum Gasteiger partial charge on any atom is 0.352 e. The maximum absolute atomic E-state index is 11.8. The van der Waals surface area contributed by atoms with Gasteiger partial charge in [0.15, 0.2) is 0 Å². The molecule has 0 aliphatic carbocycles. The summed E-state index contributed by atoms with van der Waals surface area (Å²) >= 11 is 0. The highest BCUT2D eigenvalue weighted by Crippen LogP contribution is 2.01. The van der Waals surface area contributed by atoms with Gasteiger partial charge in [0.25, 0.3) is 0 Å². The van der Waals surface area contributed by atoms with E-state index < -0.39 is 0 Å². The lowest BCUT2D eigenvalue weighted by molar-refractivity contribution is 0.689. The fraction of sp³-hybridized carbons (Fsp3) is 0.333. The molecule has 0 fully saturated rings. The highest BCUT2D eigenvalue weighted by molar-refractivity contribution is 5.25. The lowest BCUT2D eigenvalue weighted by Crippen LogP contribution is -2.28. The smallest absolute Gasteiger partial charge is 0.344 e. The van der Waals surface area contributed by atoms with E-state index in [9.17, 15) is 4.79 Å². The van der Waals surface area contributed by atoms with E-state index >= 15 is 0 Å². The van der Waals surface area contributed by atoms with Crippen LogP contribution in [-0.2, 0) is 6.54 Å². The molecule has 0 radical (unpaired) electrons. The van der Waals surface area contributed by atoms with Crippen LogP contribution in [0.15, 0.2) is 35.6 Å². The van der Waals surface area contributed by atoms with Crippen LogP contribution in [0.3, 0.4) is 0 Å². The minimum atomic E-state index is -0.302. The molecule has 2 aromatic rings. The van der Waals surface area contributed by atoms with Crippen LogP contribution in [0.2, 0.25) is 0 Å². The quantitative estimate of drug-likeness (QED) is 0.786. The Morgan fingerprint density at radius 1 is 1.44 bits per heavy atom. The van der Waals surface area contributed by atoms with Gasteiger partial charge in [0.2, 0.25) is 5.95 Å². The minimum Gasteiger partial charge on any atom is -0.344 e. The van der Waals surface area contributed by atoms with Crippen LogP contribution in [0.5, 0.6) is 0 Å². The molecule has 0 atom stereocenters. The lowest BCUT2D eigenvalue weighted by Gasteiger charge is -2.14. The van der Waals surface area contributed by atoms with Crippen molar-refractivity contribution in [1.82, 2.24) is 19.5 Å². The summed E-state index contributed by atoms with van der Waals surface area (Å²) in [5, 5.41) is 0. The van der Waals surface area contributed by atoms with Gasteiger partial charge in [0.1, 0.15) is 6.33 Å². The average molecular weight is 245 g/mol. The Morgan fingerprint density at radius 2 is 2.28 bits per heavy atom. The van der Waals surface area contributed by atoms with E-state index in [-0.39, 0.29) is 5.69 Å². The molecule has 2 rings (SSSR count). The molecule has 0 saturated heterocycles. The molecule has 0 aromatic carbocycles. The SMILES string of the molecule is CCN(C)c1ncn(Cc2cccnc2)c(=O)n1. The van der Waals surface area contributed by atoms with Crippen molar-refractivity contribution in [1.29, 1.82) is 0 Å². The summed E-state index contributed by atoms with van der Waals surface area (Å²) in [7, 11) is 1.85. The lowest BCUT2D eigenvalue weighted by atomic mass is 10.3. The van der Waals surface area contributed by atoms with Gasteiger partial charge in [-0.1, -0.05) is 6.07 Å². The Hall–Kier alpha value is -2.24. The molecule has 0 amide bonds. The fourth-order valence-corrected chi connectivity index (χ4v) is 1.47. The molecule has 6 heteroatoms. The van der Waals surface area contributed by atoms with Gasteiger partial charge in [0, 0.05) is 26.0 Å². The Balaban J connectivity index is 2.23. The third-order valence-electron chi connectivity index (χ3n) is 2.65. The van der Waals surface area contributed by atoms with Crippen LogP contribution in [0.4, 0.5) is 5.95 Å². The topological polar surface area (TPSA) is 63.9 Å². The van der Waals surface area contributed by atoms with Gasteiger partial charge in [-0.15, -0.1) is 0 Å². The van der Waals surface area contributed by atoms with Crippen LogP contribution >= 0.6 is 0 Å². The standard InChI is InChI=1S/C12H15N5O/c1-3-16(2)11-14-9-17(12(18)15-11)8-10-5-4-6-13-7-10/h4-7,9H,3,8H2,1-2H3. The number of rotatable bonds is 4. The van der Waals surface area contributed by atoms with Gasteiger partial charge in [-0.2, -0.15) is 4.98 Å². The molecule has 0 saturated carbocycles. The highest BCUT2D eigenvalue weighted by Gasteiger charge is 2.05. The Bertz CT molecular complexity index is 566. The van der Waals surface area contributed by atoms with E-state index in [4.69, 9.17) is 0 Å². The molecule has 2 aromatic heterocycles. The number of pyridine rings is 1. The van der Waals surface area contributed by atoms with E-state index in [0.717, 1.165) is 12.1 Å². The molecule has 0 N–H and O–H groups in total. The van der Waals surface area contributed by atoms with Crippen molar-refractivity contribution in [3.05, 3.63) is 46.9 Å². The van der Waals surface area contributed by atoms with Crippen molar-refractivity contribution in [2.45, 2.75) is 13.5 Å². The summed E-state index contributed by atoms with van der Waals surface area (Å²) in [6.07, 6.45) is 4.93. The minimum absolute atomic E-state index is 0.302. The third-order valence-corrected chi connectivity index (χ3v) is 2.65. The first kappa shape index (κ1) is 12.2. The normalized spacial score (nSPS) is 10.3. The molecule has 0 aliphatic heterocycles. The number of hydrogen-bond donors (Lipinski definition) is 0. The van der Waals surface area contributed by atoms with Crippen molar-refractivity contribution < 1.29 is 0 Å². The first-order chi connectivity index (χ1) is 8.70. The van der Waals surface area contributed by atoms with Crippen molar-refractivity contribution in [3.8, 4) is 0 Å². The van der Waals surface area contributed by atoms with Crippen molar-refractivity contribution >= 4 is 5.95 Å². The van der Waals surface area contributed by atoms with Gasteiger partial charge >= 0.3 is 5.69 Å². The molecule has 0 spiro atoms. The third kappa shape index (κ3) is 2.71. The Morgan fingerprint density at radius 3 is 2.89 bits per heavy atom. The predicted octanol–water partition coefficient (Wildman–Crippen LogP) is 0.538. The van der Waals surface area contributed by atoms with E-state index in [1.165, 1.54) is 10.9 Å². The second-order valence-electron chi connectivity index (χ2n) is 3.94.